The van der Waals surface area contributed by atoms with E-state index < -0.39 is 0 Å². The molecule has 90 valence electrons. The lowest BCUT2D eigenvalue weighted by molar-refractivity contribution is 0.137. The molecular weight excluding hydrogens is 270 g/mol. The van der Waals surface area contributed by atoms with Gasteiger partial charge in [0.05, 0.1) is 13.2 Å². The molecule has 0 amide bonds. The predicted octanol–water partition coefficient (Wildman–Crippen LogP) is 1.92. The van der Waals surface area contributed by atoms with E-state index in [4.69, 9.17) is 4.74 Å². The quantitative estimate of drug-likeness (QED) is 0.898. The molecule has 1 aromatic rings. The molecule has 3 nitrogen and oxygen atoms in total. The van der Waals surface area contributed by atoms with Crippen molar-refractivity contribution in [3.8, 4) is 5.75 Å². The van der Waals surface area contributed by atoms with E-state index in [1.165, 1.54) is 0 Å². The van der Waals surface area contributed by atoms with Gasteiger partial charge in [-0.15, -0.1) is 0 Å². The highest BCUT2D eigenvalue weighted by Gasteiger charge is 2.10. The maximum Gasteiger partial charge on any atom is 0.119 e. The molecule has 16 heavy (non-hydrogen) atoms. The molecule has 1 aromatic carbocycles. The van der Waals surface area contributed by atoms with Crippen LogP contribution < -0.4 is 4.74 Å². The van der Waals surface area contributed by atoms with E-state index in [0.29, 0.717) is 13.0 Å². The highest BCUT2D eigenvalue weighted by molar-refractivity contribution is 9.10. The summed E-state index contributed by atoms with van der Waals surface area (Å²) in [5.74, 6) is 0.815. The van der Waals surface area contributed by atoms with Crippen molar-refractivity contribution in [2.75, 3.05) is 27.7 Å². The van der Waals surface area contributed by atoms with Crippen LogP contribution in [0.1, 0.15) is 5.56 Å². The van der Waals surface area contributed by atoms with Crippen molar-refractivity contribution in [1.82, 2.24) is 4.90 Å². The monoisotopic (exact) mass is 287 g/mol. The topological polar surface area (TPSA) is 32.7 Å². The number of aliphatic hydroxyl groups excluding tert-OH is 1. The van der Waals surface area contributed by atoms with E-state index in [2.05, 4.69) is 15.9 Å². The van der Waals surface area contributed by atoms with E-state index in [9.17, 15) is 5.11 Å². The molecule has 4 heteroatoms. The average Bonchev–Trinajstić information content (AvgIpc) is 2.20. The van der Waals surface area contributed by atoms with Crippen LogP contribution in [0.25, 0.3) is 0 Å². The Hall–Kier alpha value is -0.580. The van der Waals surface area contributed by atoms with Gasteiger partial charge >= 0.3 is 0 Å². The molecular formula is C12H18BrNO2. The third-order valence-electron chi connectivity index (χ3n) is 2.28. The number of nitrogens with zero attached hydrogens (tertiary/aromatic N) is 1. The predicted molar refractivity (Wildman–Crippen MR) is 69.0 cm³/mol. The highest BCUT2D eigenvalue weighted by Crippen LogP contribution is 2.23. The summed E-state index contributed by atoms with van der Waals surface area (Å²) in [5.41, 5.74) is 1.06. The second-order valence-electron chi connectivity index (χ2n) is 4.08. The number of likely N-dealkylation sites (N-methyl/N-ethyl adjacent to an activating group) is 1. The van der Waals surface area contributed by atoms with Crippen molar-refractivity contribution in [2.24, 2.45) is 0 Å². The molecule has 0 bridgehead atoms. The first-order chi connectivity index (χ1) is 7.52. The number of hydrogen-bond donors (Lipinski definition) is 1. The Balaban J connectivity index is 2.71. The Morgan fingerprint density at radius 3 is 2.69 bits per heavy atom. The minimum atomic E-state index is -0.363. The highest BCUT2D eigenvalue weighted by atomic mass is 79.9. The summed E-state index contributed by atoms with van der Waals surface area (Å²) >= 11 is 3.47. The number of methoxy groups -OCH3 is 1. The van der Waals surface area contributed by atoms with Gasteiger partial charge in [-0.1, -0.05) is 15.9 Å². The molecule has 0 aliphatic rings. The molecule has 0 heterocycles. The van der Waals surface area contributed by atoms with Crippen molar-refractivity contribution < 1.29 is 9.84 Å². The van der Waals surface area contributed by atoms with Crippen LogP contribution in [0.5, 0.6) is 5.75 Å². The average molecular weight is 288 g/mol. The van der Waals surface area contributed by atoms with Crippen LogP contribution in [-0.2, 0) is 6.42 Å². The zero-order chi connectivity index (χ0) is 12.1. The molecule has 1 rings (SSSR count). The van der Waals surface area contributed by atoms with E-state index in [1.807, 2.05) is 37.2 Å². The fourth-order valence-electron chi connectivity index (χ4n) is 1.57. The van der Waals surface area contributed by atoms with Gasteiger partial charge in [0.1, 0.15) is 5.75 Å². The summed E-state index contributed by atoms with van der Waals surface area (Å²) < 4.78 is 6.17. The molecule has 0 radical (unpaired) electrons. The second kappa shape index (κ2) is 6.23. The number of benzene rings is 1. The van der Waals surface area contributed by atoms with Gasteiger partial charge < -0.3 is 14.7 Å². The van der Waals surface area contributed by atoms with Crippen molar-refractivity contribution in [1.29, 1.82) is 0 Å². The number of rotatable bonds is 5. The fraction of sp³-hybridized carbons (Fsp3) is 0.500. The summed E-state index contributed by atoms with van der Waals surface area (Å²) in [4.78, 5) is 1.97. The number of aliphatic hydroxyl groups is 1. The van der Waals surface area contributed by atoms with Crippen LogP contribution in [0.4, 0.5) is 0 Å². The maximum atomic E-state index is 9.86. The largest absolute Gasteiger partial charge is 0.497 e. The van der Waals surface area contributed by atoms with Crippen molar-refractivity contribution >= 4 is 15.9 Å². The molecule has 0 saturated carbocycles. The first kappa shape index (κ1) is 13.5. The second-order valence-corrected chi connectivity index (χ2v) is 4.93. The van der Waals surface area contributed by atoms with Gasteiger partial charge in [-0.3, -0.25) is 0 Å². The standard InChI is InChI=1S/C12H18BrNO2/c1-14(2)8-10(15)6-9-7-11(16-3)4-5-12(9)13/h4-5,7,10,15H,6,8H2,1-3H3. The van der Waals surface area contributed by atoms with Crippen molar-refractivity contribution in [3.05, 3.63) is 28.2 Å². The minimum absolute atomic E-state index is 0.363. The maximum absolute atomic E-state index is 9.86. The van der Waals surface area contributed by atoms with Crippen LogP contribution in [0.15, 0.2) is 22.7 Å². The molecule has 0 saturated heterocycles. The lowest BCUT2D eigenvalue weighted by Gasteiger charge is -2.17. The molecule has 1 unspecified atom stereocenters. The SMILES string of the molecule is COc1ccc(Br)c(CC(O)CN(C)C)c1. The smallest absolute Gasteiger partial charge is 0.119 e. The molecule has 0 aliphatic heterocycles. The van der Waals surface area contributed by atoms with Gasteiger partial charge in [0.2, 0.25) is 0 Å². The van der Waals surface area contributed by atoms with Gasteiger partial charge in [0, 0.05) is 17.4 Å². The van der Waals surface area contributed by atoms with Gasteiger partial charge in [-0.2, -0.15) is 0 Å². The summed E-state index contributed by atoms with van der Waals surface area (Å²) in [5, 5.41) is 9.86. The lowest BCUT2D eigenvalue weighted by Crippen LogP contribution is -2.27. The van der Waals surface area contributed by atoms with Crippen LogP contribution in [0.3, 0.4) is 0 Å². The van der Waals surface area contributed by atoms with Crippen molar-refractivity contribution in [2.45, 2.75) is 12.5 Å². The van der Waals surface area contributed by atoms with Gasteiger partial charge in [-0.25, -0.2) is 0 Å². The summed E-state index contributed by atoms with van der Waals surface area (Å²) in [6.07, 6.45) is 0.258. The third-order valence-corrected chi connectivity index (χ3v) is 3.06. The minimum Gasteiger partial charge on any atom is -0.497 e. The molecule has 0 fully saturated rings. The van der Waals surface area contributed by atoms with Crippen LogP contribution >= 0.6 is 15.9 Å². The summed E-state index contributed by atoms with van der Waals surface area (Å²) in [6, 6.07) is 5.78. The zero-order valence-electron chi connectivity index (χ0n) is 9.90. The molecule has 1 atom stereocenters. The Morgan fingerprint density at radius 2 is 2.12 bits per heavy atom. The Bertz CT molecular complexity index is 342. The summed E-state index contributed by atoms with van der Waals surface area (Å²) in [7, 11) is 5.54. The molecule has 0 spiro atoms. The Labute approximate surface area is 105 Å². The van der Waals surface area contributed by atoms with Crippen LogP contribution in [-0.4, -0.2) is 43.9 Å². The zero-order valence-corrected chi connectivity index (χ0v) is 11.5. The number of halogens is 1. The fourth-order valence-corrected chi connectivity index (χ4v) is 1.98. The van der Waals surface area contributed by atoms with Gasteiger partial charge in [-0.05, 0) is 37.9 Å². The molecule has 0 aromatic heterocycles. The summed E-state index contributed by atoms with van der Waals surface area (Å²) in [6.45, 7) is 0.656. The van der Waals surface area contributed by atoms with E-state index in [-0.39, 0.29) is 6.10 Å². The van der Waals surface area contributed by atoms with E-state index in [1.54, 1.807) is 7.11 Å². The van der Waals surface area contributed by atoms with E-state index >= 15 is 0 Å². The molecule has 0 aliphatic carbocycles. The van der Waals surface area contributed by atoms with Crippen LogP contribution in [0, 0.1) is 0 Å². The third kappa shape index (κ3) is 4.12. The first-order valence-electron chi connectivity index (χ1n) is 5.18. The number of hydrogen-bond acceptors (Lipinski definition) is 3. The van der Waals surface area contributed by atoms with Crippen molar-refractivity contribution in [3.63, 3.8) is 0 Å². The molecule has 1 N–H and O–H groups in total. The Morgan fingerprint density at radius 1 is 1.44 bits per heavy atom. The Kier molecular flexibility index (Phi) is 5.25. The van der Waals surface area contributed by atoms with E-state index in [0.717, 1.165) is 15.8 Å². The normalized spacial score (nSPS) is 12.9. The first-order valence-corrected chi connectivity index (χ1v) is 5.97. The van der Waals surface area contributed by atoms with Gasteiger partial charge in [0.25, 0.3) is 0 Å². The van der Waals surface area contributed by atoms with Crippen LogP contribution in [0.2, 0.25) is 0 Å². The van der Waals surface area contributed by atoms with Gasteiger partial charge in [0.15, 0.2) is 0 Å². The lowest BCUT2D eigenvalue weighted by atomic mass is 10.1. The number of ether oxygens (including phenoxy) is 1.